The standard InChI is InChI=1S/C22H14N2O/c23-15-16-6-5-7-17(14-16)18-8-1-3-10-20(18)24-13-12-22(25)19-9-2-4-11-21(19)24/h1-14H. The van der Waals surface area contributed by atoms with Crippen LogP contribution in [0.5, 0.6) is 0 Å². The molecule has 0 atom stereocenters. The minimum absolute atomic E-state index is 0.0100. The molecule has 118 valence electrons. The average Bonchev–Trinajstić information content (AvgIpc) is 2.69. The fourth-order valence-electron chi connectivity index (χ4n) is 3.10. The Morgan fingerprint density at radius 1 is 0.840 bits per heavy atom. The number of hydrogen-bond donors (Lipinski definition) is 0. The molecule has 0 fully saturated rings. The summed E-state index contributed by atoms with van der Waals surface area (Å²) in [5.41, 5.74) is 4.44. The molecule has 0 bridgehead atoms. The van der Waals surface area contributed by atoms with Gasteiger partial charge in [-0.1, -0.05) is 42.5 Å². The predicted molar refractivity (Wildman–Crippen MR) is 99.7 cm³/mol. The summed E-state index contributed by atoms with van der Waals surface area (Å²) in [5, 5.41) is 9.86. The van der Waals surface area contributed by atoms with Crippen LogP contribution in [0.2, 0.25) is 0 Å². The Hall–Kier alpha value is -3.64. The summed E-state index contributed by atoms with van der Waals surface area (Å²) in [6.45, 7) is 0. The van der Waals surface area contributed by atoms with E-state index in [1.165, 1.54) is 0 Å². The molecule has 0 aliphatic heterocycles. The number of benzene rings is 3. The molecule has 0 aliphatic rings. The number of rotatable bonds is 2. The van der Waals surface area contributed by atoms with Gasteiger partial charge in [0, 0.05) is 23.2 Å². The molecule has 0 N–H and O–H groups in total. The molecule has 0 saturated heterocycles. The van der Waals surface area contributed by atoms with Gasteiger partial charge in [0.15, 0.2) is 5.43 Å². The maximum Gasteiger partial charge on any atom is 0.189 e. The Labute approximate surface area is 145 Å². The number of nitriles is 1. The van der Waals surface area contributed by atoms with Crippen molar-refractivity contribution in [1.29, 1.82) is 5.26 Å². The lowest BCUT2D eigenvalue weighted by Crippen LogP contribution is -2.07. The van der Waals surface area contributed by atoms with Crippen molar-refractivity contribution in [1.82, 2.24) is 4.57 Å². The first-order chi connectivity index (χ1) is 12.3. The second-order valence-corrected chi connectivity index (χ2v) is 5.78. The highest BCUT2D eigenvalue weighted by atomic mass is 16.1. The van der Waals surface area contributed by atoms with Crippen molar-refractivity contribution >= 4 is 10.9 Å². The highest BCUT2D eigenvalue weighted by Gasteiger charge is 2.10. The molecule has 1 heterocycles. The van der Waals surface area contributed by atoms with E-state index < -0.39 is 0 Å². The van der Waals surface area contributed by atoms with Crippen molar-refractivity contribution in [2.45, 2.75) is 0 Å². The molecule has 4 aromatic rings. The predicted octanol–water partition coefficient (Wildman–Crippen LogP) is 4.53. The fourth-order valence-corrected chi connectivity index (χ4v) is 3.10. The smallest absolute Gasteiger partial charge is 0.189 e. The van der Waals surface area contributed by atoms with Gasteiger partial charge in [0.05, 0.1) is 22.8 Å². The molecule has 0 radical (unpaired) electrons. The van der Waals surface area contributed by atoms with E-state index in [0.717, 1.165) is 22.3 Å². The molecule has 3 heteroatoms. The summed E-state index contributed by atoms with van der Waals surface area (Å²) >= 11 is 0. The van der Waals surface area contributed by atoms with E-state index in [4.69, 9.17) is 0 Å². The molecule has 0 aliphatic carbocycles. The molecular formula is C22H14N2O. The lowest BCUT2D eigenvalue weighted by Gasteiger charge is -2.15. The van der Waals surface area contributed by atoms with E-state index in [2.05, 4.69) is 6.07 Å². The minimum Gasteiger partial charge on any atom is -0.316 e. The Balaban J connectivity index is 2.02. The second-order valence-electron chi connectivity index (χ2n) is 5.78. The zero-order chi connectivity index (χ0) is 17.2. The molecule has 0 spiro atoms. The minimum atomic E-state index is 0.0100. The van der Waals surface area contributed by atoms with E-state index in [-0.39, 0.29) is 5.43 Å². The summed E-state index contributed by atoms with van der Waals surface area (Å²) < 4.78 is 2.02. The molecule has 3 aromatic carbocycles. The topological polar surface area (TPSA) is 45.8 Å². The van der Waals surface area contributed by atoms with Gasteiger partial charge in [-0.05, 0) is 35.9 Å². The van der Waals surface area contributed by atoms with Crippen molar-refractivity contribution in [2.24, 2.45) is 0 Å². The van der Waals surface area contributed by atoms with Gasteiger partial charge in [-0.25, -0.2) is 0 Å². The Kier molecular flexibility index (Phi) is 3.64. The highest BCUT2D eigenvalue weighted by Crippen LogP contribution is 2.29. The van der Waals surface area contributed by atoms with Gasteiger partial charge in [0.1, 0.15) is 0 Å². The number of fused-ring (bicyclic) bond motifs is 1. The van der Waals surface area contributed by atoms with Crippen LogP contribution >= 0.6 is 0 Å². The third-order valence-corrected chi connectivity index (χ3v) is 4.27. The van der Waals surface area contributed by atoms with Crippen molar-refractivity contribution in [3.8, 4) is 22.9 Å². The van der Waals surface area contributed by atoms with Crippen LogP contribution in [0.25, 0.3) is 27.7 Å². The van der Waals surface area contributed by atoms with E-state index in [0.29, 0.717) is 10.9 Å². The molecule has 0 saturated carbocycles. The molecule has 0 unspecified atom stereocenters. The number of hydrogen-bond acceptors (Lipinski definition) is 2. The van der Waals surface area contributed by atoms with Crippen LogP contribution < -0.4 is 5.43 Å². The average molecular weight is 322 g/mol. The number of nitrogens with zero attached hydrogens (tertiary/aromatic N) is 2. The second kappa shape index (κ2) is 6.10. The summed E-state index contributed by atoms with van der Waals surface area (Å²) in [6, 6.07) is 26.9. The van der Waals surface area contributed by atoms with Crippen LogP contribution in [-0.4, -0.2) is 4.57 Å². The van der Waals surface area contributed by atoms with Crippen LogP contribution in [0.1, 0.15) is 5.56 Å². The lowest BCUT2D eigenvalue weighted by molar-refractivity contribution is 1.10. The molecule has 25 heavy (non-hydrogen) atoms. The van der Waals surface area contributed by atoms with E-state index >= 15 is 0 Å². The van der Waals surface area contributed by atoms with Crippen molar-refractivity contribution in [3.05, 3.63) is 101 Å². The number of para-hydroxylation sites is 2. The van der Waals surface area contributed by atoms with Crippen molar-refractivity contribution < 1.29 is 0 Å². The highest BCUT2D eigenvalue weighted by molar-refractivity contribution is 5.83. The van der Waals surface area contributed by atoms with E-state index in [1.54, 1.807) is 18.3 Å². The van der Waals surface area contributed by atoms with Gasteiger partial charge in [0.25, 0.3) is 0 Å². The summed E-state index contributed by atoms with van der Waals surface area (Å²) in [6.07, 6.45) is 1.80. The summed E-state index contributed by atoms with van der Waals surface area (Å²) in [7, 11) is 0. The quantitative estimate of drug-likeness (QED) is 0.544. The normalized spacial score (nSPS) is 10.5. The Morgan fingerprint density at radius 2 is 1.64 bits per heavy atom. The maximum atomic E-state index is 12.2. The van der Waals surface area contributed by atoms with Crippen molar-refractivity contribution in [2.75, 3.05) is 0 Å². The van der Waals surface area contributed by atoms with Crippen LogP contribution in [0.4, 0.5) is 0 Å². The van der Waals surface area contributed by atoms with E-state index in [1.807, 2.05) is 71.3 Å². The third-order valence-electron chi connectivity index (χ3n) is 4.27. The molecule has 4 rings (SSSR count). The Morgan fingerprint density at radius 3 is 2.52 bits per heavy atom. The first-order valence-corrected chi connectivity index (χ1v) is 7.98. The summed E-state index contributed by atoms with van der Waals surface area (Å²) in [4.78, 5) is 12.2. The lowest BCUT2D eigenvalue weighted by atomic mass is 10.0. The fraction of sp³-hybridized carbons (Fsp3) is 0. The van der Waals surface area contributed by atoms with Gasteiger partial charge < -0.3 is 4.57 Å². The molecular weight excluding hydrogens is 308 g/mol. The third kappa shape index (κ3) is 2.60. The van der Waals surface area contributed by atoms with Gasteiger partial charge >= 0.3 is 0 Å². The molecule has 3 nitrogen and oxygen atoms in total. The largest absolute Gasteiger partial charge is 0.316 e. The zero-order valence-corrected chi connectivity index (χ0v) is 13.4. The molecule has 0 amide bonds. The molecule has 1 aromatic heterocycles. The van der Waals surface area contributed by atoms with Crippen LogP contribution in [0.3, 0.4) is 0 Å². The van der Waals surface area contributed by atoms with Crippen LogP contribution in [0.15, 0.2) is 89.9 Å². The SMILES string of the molecule is N#Cc1cccc(-c2ccccc2-n2ccc(=O)c3ccccc32)c1. The van der Waals surface area contributed by atoms with Gasteiger partial charge in [-0.15, -0.1) is 0 Å². The monoisotopic (exact) mass is 322 g/mol. The van der Waals surface area contributed by atoms with Crippen molar-refractivity contribution in [3.63, 3.8) is 0 Å². The first-order valence-electron chi connectivity index (χ1n) is 7.98. The Bertz CT molecular complexity index is 1180. The summed E-state index contributed by atoms with van der Waals surface area (Å²) in [5.74, 6) is 0. The first kappa shape index (κ1) is 14.9. The number of aromatic nitrogens is 1. The zero-order valence-electron chi connectivity index (χ0n) is 13.4. The maximum absolute atomic E-state index is 12.2. The number of pyridine rings is 1. The van der Waals surface area contributed by atoms with Gasteiger partial charge in [0.2, 0.25) is 0 Å². The van der Waals surface area contributed by atoms with Gasteiger partial charge in [-0.2, -0.15) is 5.26 Å². The van der Waals surface area contributed by atoms with Crippen LogP contribution in [-0.2, 0) is 0 Å². The van der Waals surface area contributed by atoms with E-state index in [9.17, 15) is 10.1 Å². The van der Waals surface area contributed by atoms with Crippen LogP contribution in [0, 0.1) is 11.3 Å². The van der Waals surface area contributed by atoms with Gasteiger partial charge in [-0.3, -0.25) is 4.79 Å².